The Balaban J connectivity index is 1.51. The van der Waals surface area contributed by atoms with Crippen LogP contribution < -0.4 is 4.74 Å². The second-order valence-corrected chi connectivity index (χ2v) is 12.3. The zero-order valence-electron chi connectivity index (χ0n) is 27.0. The maximum Gasteiger partial charge on any atom is 0.348 e. The molecule has 0 aliphatic rings. The van der Waals surface area contributed by atoms with Crippen LogP contribution in [0.15, 0.2) is 66.9 Å². The highest BCUT2D eigenvalue weighted by Gasteiger charge is 2.34. The number of aromatic nitrogens is 1. The summed E-state index contributed by atoms with van der Waals surface area (Å²) >= 11 is 0. The largest absolute Gasteiger partial charge is 0.424 e. The molecule has 0 N–H and O–H groups in total. The van der Waals surface area contributed by atoms with Crippen molar-refractivity contribution in [2.45, 2.75) is 136 Å². The monoisotopic (exact) mass is 587 g/mol. The van der Waals surface area contributed by atoms with Gasteiger partial charge in [0.2, 0.25) is 5.67 Å². The van der Waals surface area contributed by atoms with Crippen LogP contribution in [0.5, 0.6) is 5.75 Å². The van der Waals surface area contributed by atoms with Crippen LogP contribution in [0.2, 0.25) is 0 Å². The molecule has 2 aromatic carbocycles. The minimum atomic E-state index is -1.99. The van der Waals surface area contributed by atoms with Gasteiger partial charge in [0, 0.05) is 11.8 Å². The summed E-state index contributed by atoms with van der Waals surface area (Å²) in [4.78, 5) is 17.4. The van der Waals surface area contributed by atoms with E-state index in [1.54, 1.807) is 12.1 Å². The number of nitrogens with zero attached hydrogens (tertiary/aromatic N) is 1. The van der Waals surface area contributed by atoms with E-state index in [0.29, 0.717) is 12.2 Å². The van der Waals surface area contributed by atoms with Crippen molar-refractivity contribution in [1.29, 1.82) is 0 Å². The van der Waals surface area contributed by atoms with E-state index in [-0.39, 0.29) is 6.42 Å². The van der Waals surface area contributed by atoms with E-state index in [9.17, 15) is 4.79 Å². The van der Waals surface area contributed by atoms with Crippen molar-refractivity contribution >= 4 is 5.97 Å². The van der Waals surface area contributed by atoms with Gasteiger partial charge < -0.3 is 4.74 Å². The highest BCUT2D eigenvalue weighted by atomic mass is 19.1. The molecule has 0 radical (unpaired) electrons. The number of hydrogen-bond acceptors (Lipinski definition) is 3. The van der Waals surface area contributed by atoms with Gasteiger partial charge in [0.15, 0.2) is 0 Å². The molecule has 1 aromatic heterocycles. The molecule has 0 saturated carbocycles. The van der Waals surface area contributed by atoms with Crippen molar-refractivity contribution in [2.75, 3.05) is 0 Å². The van der Waals surface area contributed by atoms with Crippen molar-refractivity contribution < 1.29 is 13.9 Å². The molecule has 0 saturated heterocycles. The lowest BCUT2D eigenvalue weighted by Gasteiger charge is -2.18. The van der Waals surface area contributed by atoms with Crippen molar-refractivity contribution in [3.8, 4) is 28.1 Å². The Labute approximate surface area is 260 Å². The fraction of sp³-hybridized carbons (Fsp3) is 0.538. The van der Waals surface area contributed by atoms with Crippen LogP contribution in [-0.4, -0.2) is 16.6 Å². The van der Waals surface area contributed by atoms with Crippen LogP contribution in [-0.2, 0) is 11.2 Å². The topological polar surface area (TPSA) is 39.2 Å². The van der Waals surface area contributed by atoms with E-state index in [1.165, 1.54) is 89.5 Å². The Morgan fingerprint density at radius 2 is 1.26 bits per heavy atom. The first-order chi connectivity index (χ1) is 20.9. The SMILES string of the molecule is CCCCCCCCCCc1ccc(-c2ccccc2-c2ccc(OC(=O)C(C)(F)CCCCCCCCC)cc2)nc1. The van der Waals surface area contributed by atoms with Crippen molar-refractivity contribution in [3.63, 3.8) is 0 Å². The maximum absolute atomic E-state index is 15.1. The van der Waals surface area contributed by atoms with Gasteiger partial charge in [-0.25, -0.2) is 9.18 Å². The first kappa shape index (κ1) is 34.5. The number of halogens is 1. The summed E-state index contributed by atoms with van der Waals surface area (Å²) in [6.07, 6.45) is 21.5. The van der Waals surface area contributed by atoms with E-state index >= 15 is 4.39 Å². The average Bonchev–Trinajstić information content (AvgIpc) is 3.02. The molecule has 0 fully saturated rings. The van der Waals surface area contributed by atoms with Gasteiger partial charge >= 0.3 is 5.97 Å². The molecule has 0 spiro atoms. The van der Waals surface area contributed by atoms with Crippen molar-refractivity contribution in [3.05, 3.63) is 72.4 Å². The quantitative estimate of drug-likeness (QED) is 0.0707. The number of pyridine rings is 1. The number of unbranched alkanes of at least 4 members (excludes halogenated alkanes) is 13. The molecule has 0 aliphatic heterocycles. The summed E-state index contributed by atoms with van der Waals surface area (Å²) in [5, 5.41) is 0. The van der Waals surface area contributed by atoms with E-state index < -0.39 is 11.6 Å². The predicted octanol–water partition coefficient (Wildman–Crippen LogP) is 11.9. The third-order valence-electron chi connectivity index (χ3n) is 8.40. The Morgan fingerprint density at radius 1 is 0.698 bits per heavy atom. The minimum absolute atomic E-state index is 0.190. The molecule has 234 valence electrons. The molecule has 1 heterocycles. The summed E-state index contributed by atoms with van der Waals surface area (Å²) in [7, 11) is 0. The average molecular weight is 588 g/mol. The Hall–Kier alpha value is -3.01. The van der Waals surface area contributed by atoms with E-state index in [2.05, 4.69) is 38.1 Å². The zero-order valence-corrected chi connectivity index (χ0v) is 27.0. The maximum atomic E-state index is 15.1. The third kappa shape index (κ3) is 12.3. The van der Waals surface area contributed by atoms with Crippen LogP contribution in [0.4, 0.5) is 4.39 Å². The number of ether oxygens (including phenoxy) is 1. The number of esters is 1. The van der Waals surface area contributed by atoms with E-state index in [4.69, 9.17) is 9.72 Å². The molecular formula is C39H54FNO2. The van der Waals surface area contributed by atoms with Gasteiger partial charge in [-0.3, -0.25) is 4.98 Å². The Kier molecular flexibility index (Phi) is 15.5. The number of alkyl halides is 1. The zero-order chi connectivity index (χ0) is 30.8. The normalized spacial score (nSPS) is 12.7. The summed E-state index contributed by atoms with van der Waals surface area (Å²) in [6.45, 7) is 5.80. The van der Waals surface area contributed by atoms with E-state index in [0.717, 1.165) is 41.6 Å². The first-order valence-corrected chi connectivity index (χ1v) is 17.0. The lowest BCUT2D eigenvalue weighted by Crippen LogP contribution is -2.34. The Morgan fingerprint density at radius 3 is 1.84 bits per heavy atom. The fourth-order valence-corrected chi connectivity index (χ4v) is 5.59. The lowest BCUT2D eigenvalue weighted by molar-refractivity contribution is -0.147. The van der Waals surface area contributed by atoms with Crippen molar-refractivity contribution in [2.24, 2.45) is 0 Å². The second kappa shape index (κ2) is 19.3. The van der Waals surface area contributed by atoms with Crippen LogP contribution in [0, 0.1) is 0 Å². The molecule has 4 heteroatoms. The highest BCUT2D eigenvalue weighted by molar-refractivity contribution is 5.83. The van der Waals surface area contributed by atoms with Gasteiger partial charge in [-0.2, -0.15) is 0 Å². The molecular weight excluding hydrogens is 533 g/mol. The van der Waals surface area contributed by atoms with Gasteiger partial charge in [-0.05, 0) is 67.5 Å². The number of carbonyl (C=O) groups excluding carboxylic acids is 1. The third-order valence-corrected chi connectivity index (χ3v) is 8.40. The highest BCUT2D eigenvalue weighted by Crippen LogP contribution is 2.32. The standard InChI is InChI=1S/C39H54FNO2/c1-4-6-8-10-12-13-15-17-21-32-24-29-37(41-31-32)36-23-19-18-22-35(36)33-25-27-34(28-26-33)43-38(42)39(3,40)30-20-16-14-11-9-7-5-2/h18-19,22-29,31H,4-17,20-21,30H2,1-3H3. The van der Waals surface area contributed by atoms with Gasteiger partial charge in [0.1, 0.15) is 5.75 Å². The number of carbonyl (C=O) groups is 1. The van der Waals surface area contributed by atoms with E-state index in [1.807, 2.05) is 30.5 Å². The van der Waals surface area contributed by atoms with Gasteiger partial charge in [0.25, 0.3) is 0 Å². The molecule has 3 aromatic rings. The smallest absolute Gasteiger partial charge is 0.348 e. The van der Waals surface area contributed by atoms with Crippen LogP contribution in [0.1, 0.15) is 129 Å². The molecule has 3 rings (SSSR count). The van der Waals surface area contributed by atoms with Crippen LogP contribution >= 0.6 is 0 Å². The van der Waals surface area contributed by atoms with Gasteiger partial charge in [-0.15, -0.1) is 0 Å². The summed E-state index contributed by atoms with van der Waals surface area (Å²) < 4.78 is 20.5. The fourth-order valence-electron chi connectivity index (χ4n) is 5.59. The molecule has 1 unspecified atom stereocenters. The molecule has 0 amide bonds. The molecule has 0 bridgehead atoms. The second-order valence-electron chi connectivity index (χ2n) is 12.3. The number of hydrogen-bond donors (Lipinski definition) is 0. The number of rotatable bonds is 21. The van der Waals surface area contributed by atoms with Crippen LogP contribution in [0.25, 0.3) is 22.4 Å². The van der Waals surface area contributed by atoms with Crippen molar-refractivity contribution in [1.82, 2.24) is 4.98 Å². The molecule has 43 heavy (non-hydrogen) atoms. The Bertz CT molecular complexity index is 1190. The molecule has 1 atom stereocenters. The lowest BCUT2D eigenvalue weighted by atomic mass is 9.96. The van der Waals surface area contributed by atoms with Gasteiger partial charge in [-0.1, -0.05) is 140 Å². The number of benzene rings is 2. The minimum Gasteiger partial charge on any atom is -0.424 e. The van der Waals surface area contributed by atoms with Gasteiger partial charge in [0.05, 0.1) is 5.69 Å². The first-order valence-electron chi connectivity index (χ1n) is 17.0. The number of aryl methyl sites for hydroxylation is 1. The molecule has 3 nitrogen and oxygen atoms in total. The summed E-state index contributed by atoms with van der Waals surface area (Å²) in [6, 6.07) is 19.8. The summed E-state index contributed by atoms with van der Waals surface area (Å²) in [5.74, 6) is -0.457. The summed E-state index contributed by atoms with van der Waals surface area (Å²) in [5.41, 5.74) is 3.33. The molecule has 0 aliphatic carbocycles. The predicted molar refractivity (Wildman–Crippen MR) is 179 cm³/mol. The van der Waals surface area contributed by atoms with Crippen LogP contribution in [0.3, 0.4) is 0 Å².